The number of nitrogens with one attached hydrogen (secondary N) is 2. The third kappa shape index (κ3) is 3.97. The first kappa shape index (κ1) is 19.0. The summed E-state index contributed by atoms with van der Waals surface area (Å²) in [5.41, 5.74) is -1.12. The summed E-state index contributed by atoms with van der Waals surface area (Å²) in [5.74, 6) is 0.232. The van der Waals surface area contributed by atoms with Crippen LogP contribution in [0.5, 0.6) is 0 Å². The number of rotatable bonds is 6. The molecule has 1 unspecified atom stereocenters. The van der Waals surface area contributed by atoms with Crippen molar-refractivity contribution in [2.75, 3.05) is 11.5 Å². The maximum absolute atomic E-state index is 12.2. The Kier molecular flexibility index (Phi) is 8.27. The van der Waals surface area contributed by atoms with Gasteiger partial charge in [-0.2, -0.15) is 11.8 Å². The van der Waals surface area contributed by atoms with Gasteiger partial charge in [0.05, 0.1) is 0 Å². The van der Waals surface area contributed by atoms with Crippen LogP contribution in [0, 0.1) is 11.3 Å². The molecule has 1 heterocycles. The maximum atomic E-state index is 12.2. The minimum atomic E-state index is -1.12. The average Bonchev–Trinajstić information content (AvgIpc) is 2.28. The molecule has 0 bridgehead atoms. The van der Waals surface area contributed by atoms with Crippen molar-refractivity contribution >= 4 is 59.2 Å². The Morgan fingerprint density at radius 1 is 1.16 bits per heavy atom. The van der Waals surface area contributed by atoms with Crippen molar-refractivity contribution in [3.05, 3.63) is 0 Å². The van der Waals surface area contributed by atoms with Gasteiger partial charge < -0.3 is 0 Å². The van der Waals surface area contributed by atoms with E-state index in [4.69, 9.17) is 0 Å². The summed E-state index contributed by atoms with van der Waals surface area (Å²) in [7, 11) is 0. The Morgan fingerprint density at radius 3 is 2.11 bits per heavy atom. The number of carbonyl (C=O) groups excluding carboxylic acids is 3. The third-order valence-corrected chi connectivity index (χ3v) is 4.43. The zero-order chi connectivity index (χ0) is 13.8. The van der Waals surface area contributed by atoms with Crippen molar-refractivity contribution in [3.8, 4) is 0 Å². The summed E-state index contributed by atoms with van der Waals surface area (Å²) in [6.45, 7) is 5.89. The summed E-state index contributed by atoms with van der Waals surface area (Å²) in [5, 5.41) is 4.45. The molecule has 0 saturated carbocycles. The van der Waals surface area contributed by atoms with E-state index in [2.05, 4.69) is 10.6 Å². The quantitative estimate of drug-likeness (QED) is 0.569. The second kappa shape index (κ2) is 8.29. The monoisotopic (exact) mass is 295 g/mol. The van der Waals surface area contributed by atoms with Crippen molar-refractivity contribution in [1.29, 1.82) is 0 Å². The largest absolute Gasteiger partial charge is 0.328 e. The predicted molar refractivity (Wildman–Crippen MR) is 76.9 cm³/mol. The van der Waals surface area contributed by atoms with Crippen LogP contribution in [0.3, 0.4) is 0 Å². The van der Waals surface area contributed by atoms with Gasteiger partial charge in [0.2, 0.25) is 11.8 Å². The zero-order valence-electron chi connectivity index (χ0n) is 12.0. The Labute approximate surface area is 140 Å². The molecule has 4 amide bonds. The number of thioether (sulfide) groups is 1. The van der Waals surface area contributed by atoms with Crippen molar-refractivity contribution in [2.45, 2.75) is 33.6 Å². The Bertz CT molecular complexity index is 343. The molecular formula is C12H20N2NaO3S. The van der Waals surface area contributed by atoms with E-state index in [1.54, 1.807) is 11.8 Å². The van der Waals surface area contributed by atoms with Gasteiger partial charge in [0, 0.05) is 35.3 Å². The first-order chi connectivity index (χ1) is 8.48. The predicted octanol–water partition coefficient (Wildman–Crippen LogP) is 1.15. The Morgan fingerprint density at radius 2 is 1.68 bits per heavy atom. The topological polar surface area (TPSA) is 75.3 Å². The Balaban J connectivity index is 0.00000324. The molecule has 0 aromatic heterocycles. The van der Waals surface area contributed by atoms with Gasteiger partial charge in [-0.15, -0.1) is 0 Å². The molecule has 0 aliphatic carbocycles. The fraction of sp³-hybridized carbons (Fsp3) is 0.750. The summed E-state index contributed by atoms with van der Waals surface area (Å²) in [4.78, 5) is 35.5. The molecule has 1 aliphatic rings. The van der Waals surface area contributed by atoms with Crippen molar-refractivity contribution in [2.24, 2.45) is 11.3 Å². The van der Waals surface area contributed by atoms with Crippen molar-refractivity contribution in [1.82, 2.24) is 10.6 Å². The van der Waals surface area contributed by atoms with Crippen LogP contribution in [-0.4, -0.2) is 58.9 Å². The van der Waals surface area contributed by atoms with E-state index in [1.807, 2.05) is 20.8 Å². The molecule has 1 aliphatic heterocycles. The number of hydrogen-bond acceptors (Lipinski definition) is 4. The summed E-state index contributed by atoms with van der Waals surface area (Å²) in [6.07, 6.45) is 1.67. The fourth-order valence-electron chi connectivity index (χ4n) is 2.23. The van der Waals surface area contributed by atoms with Crippen molar-refractivity contribution < 1.29 is 14.4 Å². The van der Waals surface area contributed by atoms with Crippen LogP contribution >= 0.6 is 11.8 Å². The molecule has 0 aromatic rings. The number of hydrogen-bond donors (Lipinski definition) is 2. The minimum Gasteiger partial charge on any atom is -0.277 e. The molecule has 103 valence electrons. The Hall–Kier alpha value is -0.0400. The SMILES string of the molecule is CCCC(C)C1(CSCC)C(=O)NC(=O)NC1=O.[Na]. The first-order valence-corrected chi connectivity index (χ1v) is 7.39. The summed E-state index contributed by atoms with van der Waals surface area (Å²) in [6, 6.07) is -0.717. The average molecular weight is 295 g/mol. The van der Waals surface area contributed by atoms with Crippen LogP contribution in [-0.2, 0) is 9.59 Å². The van der Waals surface area contributed by atoms with Gasteiger partial charge in [0.1, 0.15) is 5.41 Å². The van der Waals surface area contributed by atoms with Crippen LogP contribution in [0.4, 0.5) is 4.79 Å². The van der Waals surface area contributed by atoms with Crippen LogP contribution < -0.4 is 10.6 Å². The molecule has 5 nitrogen and oxygen atoms in total. The van der Waals surface area contributed by atoms with Gasteiger partial charge in [-0.25, -0.2) is 4.79 Å². The number of imide groups is 2. The van der Waals surface area contributed by atoms with Gasteiger partial charge in [0.15, 0.2) is 0 Å². The molecule has 1 saturated heterocycles. The maximum Gasteiger partial charge on any atom is 0.328 e. The van der Waals surface area contributed by atoms with Crippen LogP contribution in [0.1, 0.15) is 33.6 Å². The molecule has 1 fully saturated rings. The summed E-state index contributed by atoms with van der Waals surface area (Å²) < 4.78 is 0. The fourth-order valence-corrected chi connectivity index (χ4v) is 3.30. The molecule has 1 radical (unpaired) electrons. The smallest absolute Gasteiger partial charge is 0.277 e. The molecule has 19 heavy (non-hydrogen) atoms. The number of carbonyl (C=O) groups is 3. The minimum absolute atomic E-state index is 0. The van der Waals surface area contributed by atoms with E-state index in [1.165, 1.54) is 0 Å². The van der Waals surface area contributed by atoms with Gasteiger partial charge in [-0.05, 0) is 18.1 Å². The standard InChI is InChI=1S/C12H20N2O3S.Na/c1-4-6-8(3)12(7-18-5-2)9(15)13-11(17)14-10(12)16;/h8H,4-7H2,1-3H3,(H2,13,14,15,16,17);. The molecule has 7 heteroatoms. The molecule has 0 spiro atoms. The van der Waals surface area contributed by atoms with E-state index in [9.17, 15) is 14.4 Å². The van der Waals surface area contributed by atoms with E-state index in [0.29, 0.717) is 5.75 Å². The second-order valence-electron chi connectivity index (χ2n) is 4.54. The third-order valence-electron chi connectivity index (χ3n) is 3.36. The van der Waals surface area contributed by atoms with Crippen molar-refractivity contribution in [3.63, 3.8) is 0 Å². The van der Waals surface area contributed by atoms with Gasteiger partial charge in [0.25, 0.3) is 0 Å². The molecule has 0 aromatic carbocycles. The molecule has 1 rings (SSSR count). The number of barbiturate groups is 1. The molecule has 2 N–H and O–H groups in total. The normalized spacial score (nSPS) is 19.2. The van der Waals surface area contributed by atoms with E-state index < -0.39 is 23.3 Å². The number of amides is 4. The van der Waals surface area contributed by atoms with E-state index >= 15 is 0 Å². The zero-order valence-corrected chi connectivity index (χ0v) is 14.9. The van der Waals surface area contributed by atoms with Crippen LogP contribution in [0.15, 0.2) is 0 Å². The summed E-state index contributed by atoms with van der Waals surface area (Å²) >= 11 is 1.54. The first-order valence-electron chi connectivity index (χ1n) is 6.23. The molecular weight excluding hydrogens is 275 g/mol. The van der Waals surface area contributed by atoms with E-state index in [0.717, 1.165) is 18.6 Å². The van der Waals surface area contributed by atoms with Gasteiger partial charge in [-0.3, -0.25) is 20.2 Å². The van der Waals surface area contributed by atoms with Gasteiger partial charge in [-0.1, -0.05) is 27.2 Å². The van der Waals surface area contributed by atoms with E-state index in [-0.39, 0.29) is 35.5 Å². The molecule has 1 atom stereocenters. The van der Waals surface area contributed by atoms with Crippen LogP contribution in [0.2, 0.25) is 0 Å². The van der Waals surface area contributed by atoms with Gasteiger partial charge >= 0.3 is 6.03 Å². The van der Waals surface area contributed by atoms with Crippen LogP contribution in [0.25, 0.3) is 0 Å². The second-order valence-corrected chi connectivity index (χ2v) is 5.81. The number of urea groups is 1.